The first-order valence-corrected chi connectivity index (χ1v) is 11.3. The molecule has 0 aliphatic heterocycles. The van der Waals surface area contributed by atoms with Gasteiger partial charge in [0.2, 0.25) is 0 Å². The normalized spacial score (nSPS) is 12.0. The highest BCUT2D eigenvalue weighted by Crippen LogP contribution is 2.40. The lowest BCUT2D eigenvalue weighted by molar-refractivity contribution is -0.118. The topological polar surface area (TPSA) is 58.6 Å². The summed E-state index contributed by atoms with van der Waals surface area (Å²) < 4.78 is 5.94. The fourth-order valence-corrected chi connectivity index (χ4v) is 3.64. The molecule has 0 fully saturated rings. The Morgan fingerprint density at radius 1 is 1.03 bits per heavy atom. The molecule has 1 amide bonds. The monoisotopic (exact) mass is 465 g/mol. The molecule has 31 heavy (non-hydrogen) atoms. The number of nitrogens with one attached hydrogen (secondary N) is 1. The van der Waals surface area contributed by atoms with Crippen molar-refractivity contribution in [1.82, 2.24) is 0 Å². The fraction of sp³-hybridized carbons (Fsp3) is 0.480. The van der Waals surface area contributed by atoms with Gasteiger partial charge in [0.1, 0.15) is 5.75 Å². The number of carbonyl (C=O) groups is 1. The standard InChI is InChI=1S/C25H33Cl2NO3/c1-8-24(4,5)16-10-11-20(17(12-16)25(6,7)9-2)31-14-21(29)28-22-15(3)18(26)13-19(27)23(22)30/h10-13,30H,8-9,14H2,1-7H3,(H,28,29). The minimum atomic E-state index is -0.407. The fourth-order valence-electron chi connectivity index (χ4n) is 3.18. The molecule has 0 aliphatic carbocycles. The highest BCUT2D eigenvalue weighted by Gasteiger charge is 2.27. The molecule has 0 radical (unpaired) electrons. The Labute approximate surface area is 195 Å². The number of aromatic hydroxyl groups is 1. The highest BCUT2D eigenvalue weighted by atomic mass is 35.5. The second-order valence-corrected chi connectivity index (χ2v) is 10.0. The van der Waals surface area contributed by atoms with Gasteiger partial charge in [-0.05, 0) is 53.9 Å². The zero-order valence-electron chi connectivity index (χ0n) is 19.5. The molecule has 4 nitrogen and oxygen atoms in total. The minimum Gasteiger partial charge on any atom is -0.504 e. The van der Waals surface area contributed by atoms with Crippen LogP contribution in [0.15, 0.2) is 24.3 Å². The first-order valence-electron chi connectivity index (χ1n) is 10.6. The molecule has 2 rings (SSSR count). The number of ether oxygens (including phenoxy) is 1. The van der Waals surface area contributed by atoms with Gasteiger partial charge in [0, 0.05) is 10.6 Å². The van der Waals surface area contributed by atoms with E-state index in [1.54, 1.807) is 6.92 Å². The van der Waals surface area contributed by atoms with Crippen LogP contribution in [0.5, 0.6) is 11.5 Å². The van der Waals surface area contributed by atoms with E-state index in [-0.39, 0.29) is 33.9 Å². The van der Waals surface area contributed by atoms with Gasteiger partial charge in [0.25, 0.3) is 5.91 Å². The lowest BCUT2D eigenvalue weighted by atomic mass is 9.76. The van der Waals surface area contributed by atoms with E-state index >= 15 is 0 Å². The molecule has 0 heterocycles. The number of benzene rings is 2. The van der Waals surface area contributed by atoms with Crippen LogP contribution in [0.25, 0.3) is 0 Å². The number of carbonyl (C=O) groups excluding carboxylic acids is 1. The number of phenols is 1. The molecule has 2 aromatic carbocycles. The Kier molecular flexibility index (Phi) is 7.94. The predicted octanol–water partition coefficient (Wildman–Crippen LogP) is 7.40. The van der Waals surface area contributed by atoms with Crippen LogP contribution in [0.4, 0.5) is 5.69 Å². The molecular weight excluding hydrogens is 433 g/mol. The number of anilines is 1. The summed E-state index contributed by atoms with van der Waals surface area (Å²) >= 11 is 12.1. The van der Waals surface area contributed by atoms with E-state index in [4.69, 9.17) is 27.9 Å². The number of hydrogen-bond acceptors (Lipinski definition) is 3. The number of rotatable bonds is 8. The Hall–Kier alpha value is -1.91. The summed E-state index contributed by atoms with van der Waals surface area (Å²) in [6.45, 7) is 14.6. The van der Waals surface area contributed by atoms with E-state index in [1.807, 2.05) is 6.07 Å². The van der Waals surface area contributed by atoms with Crippen LogP contribution in [-0.4, -0.2) is 17.6 Å². The van der Waals surface area contributed by atoms with Crippen molar-refractivity contribution in [1.29, 1.82) is 0 Å². The summed E-state index contributed by atoms with van der Waals surface area (Å²) in [7, 11) is 0. The molecular formula is C25H33Cl2NO3. The first-order chi connectivity index (χ1) is 14.3. The molecule has 2 aromatic rings. The molecule has 0 saturated heterocycles. The third-order valence-electron chi connectivity index (χ3n) is 6.33. The van der Waals surface area contributed by atoms with Crippen molar-refractivity contribution >= 4 is 34.8 Å². The molecule has 0 saturated carbocycles. The summed E-state index contributed by atoms with van der Waals surface area (Å²) in [6.07, 6.45) is 1.95. The summed E-state index contributed by atoms with van der Waals surface area (Å²) in [6, 6.07) is 7.66. The summed E-state index contributed by atoms with van der Waals surface area (Å²) in [4.78, 5) is 12.6. The zero-order valence-corrected chi connectivity index (χ0v) is 21.0. The maximum absolute atomic E-state index is 12.6. The van der Waals surface area contributed by atoms with E-state index in [9.17, 15) is 9.90 Å². The predicted molar refractivity (Wildman–Crippen MR) is 130 cm³/mol. The Morgan fingerprint density at radius 3 is 2.23 bits per heavy atom. The van der Waals surface area contributed by atoms with Gasteiger partial charge in [0.05, 0.1) is 10.7 Å². The van der Waals surface area contributed by atoms with E-state index in [0.717, 1.165) is 18.4 Å². The number of phenolic OH excluding ortho intramolecular Hbond substituents is 1. The van der Waals surface area contributed by atoms with Gasteiger partial charge >= 0.3 is 0 Å². The van der Waals surface area contributed by atoms with Crippen molar-refractivity contribution in [3.63, 3.8) is 0 Å². The average molecular weight is 466 g/mol. The van der Waals surface area contributed by atoms with Crippen molar-refractivity contribution < 1.29 is 14.6 Å². The second-order valence-electron chi connectivity index (χ2n) is 9.21. The van der Waals surface area contributed by atoms with E-state index < -0.39 is 5.91 Å². The number of halogens is 2. The Balaban J connectivity index is 2.28. The number of hydrogen-bond donors (Lipinski definition) is 2. The van der Waals surface area contributed by atoms with Crippen molar-refractivity contribution in [3.05, 3.63) is 51.0 Å². The van der Waals surface area contributed by atoms with Crippen molar-refractivity contribution in [2.24, 2.45) is 0 Å². The van der Waals surface area contributed by atoms with Crippen LogP contribution in [0.2, 0.25) is 10.0 Å². The molecule has 0 spiro atoms. The van der Waals surface area contributed by atoms with Gasteiger partial charge in [-0.25, -0.2) is 0 Å². The third-order valence-corrected chi connectivity index (χ3v) is 7.01. The van der Waals surface area contributed by atoms with Gasteiger partial charge in [-0.15, -0.1) is 0 Å². The van der Waals surface area contributed by atoms with E-state index in [1.165, 1.54) is 11.6 Å². The maximum Gasteiger partial charge on any atom is 0.262 e. The van der Waals surface area contributed by atoms with Gasteiger partial charge in [-0.1, -0.05) is 76.9 Å². The summed E-state index contributed by atoms with van der Waals surface area (Å²) in [5.41, 5.74) is 3.00. The van der Waals surface area contributed by atoms with Crippen molar-refractivity contribution in [2.45, 2.75) is 72.1 Å². The quantitative estimate of drug-likeness (QED) is 0.399. The van der Waals surface area contributed by atoms with Crippen molar-refractivity contribution in [2.75, 3.05) is 11.9 Å². The van der Waals surface area contributed by atoms with E-state index in [2.05, 4.69) is 59.0 Å². The third kappa shape index (κ3) is 5.67. The largest absolute Gasteiger partial charge is 0.504 e. The average Bonchev–Trinajstić information content (AvgIpc) is 2.73. The zero-order chi connectivity index (χ0) is 23.6. The maximum atomic E-state index is 12.6. The smallest absolute Gasteiger partial charge is 0.262 e. The van der Waals surface area contributed by atoms with E-state index in [0.29, 0.717) is 16.3 Å². The molecule has 6 heteroatoms. The Bertz CT molecular complexity index is 941. The summed E-state index contributed by atoms with van der Waals surface area (Å²) in [5, 5.41) is 13.3. The molecule has 0 bridgehead atoms. The highest BCUT2D eigenvalue weighted by molar-refractivity contribution is 6.37. The van der Waals surface area contributed by atoms with Gasteiger partial charge in [-0.2, -0.15) is 0 Å². The number of amides is 1. The molecule has 0 unspecified atom stereocenters. The lowest BCUT2D eigenvalue weighted by Crippen LogP contribution is -2.24. The molecule has 170 valence electrons. The minimum absolute atomic E-state index is 0.0510. The summed E-state index contributed by atoms with van der Waals surface area (Å²) in [5.74, 6) is 0.0635. The second kappa shape index (κ2) is 9.70. The van der Waals surface area contributed by atoms with Crippen LogP contribution in [0, 0.1) is 6.92 Å². The van der Waals surface area contributed by atoms with Crippen LogP contribution < -0.4 is 10.1 Å². The van der Waals surface area contributed by atoms with Crippen LogP contribution >= 0.6 is 23.2 Å². The Morgan fingerprint density at radius 2 is 1.65 bits per heavy atom. The van der Waals surface area contributed by atoms with Gasteiger partial charge in [0.15, 0.2) is 12.4 Å². The van der Waals surface area contributed by atoms with Crippen LogP contribution in [0.3, 0.4) is 0 Å². The molecule has 0 aromatic heterocycles. The van der Waals surface area contributed by atoms with Gasteiger partial charge in [-0.3, -0.25) is 4.79 Å². The molecule has 2 N–H and O–H groups in total. The van der Waals surface area contributed by atoms with Crippen molar-refractivity contribution in [3.8, 4) is 11.5 Å². The first kappa shape index (κ1) is 25.4. The van der Waals surface area contributed by atoms with Crippen LogP contribution in [-0.2, 0) is 15.6 Å². The SMILES string of the molecule is CCC(C)(C)c1ccc(OCC(=O)Nc2c(C)c(Cl)cc(Cl)c2O)c(C(C)(C)CC)c1. The molecule has 0 aliphatic rings. The lowest BCUT2D eigenvalue weighted by Gasteiger charge is -2.30. The van der Waals surface area contributed by atoms with Crippen LogP contribution in [0.1, 0.15) is 71.1 Å². The van der Waals surface area contributed by atoms with Gasteiger partial charge < -0.3 is 15.2 Å². The molecule has 0 atom stereocenters.